The average Bonchev–Trinajstić information content (AvgIpc) is 2.91. The molecule has 0 radical (unpaired) electrons. The van der Waals surface area contributed by atoms with Crippen LogP contribution in [0.1, 0.15) is 24.8 Å². The highest BCUT2D eigenvalue weighted by Crippen LogP contribution is 2.33. The summed E-state index contributed by atoms with van der Waals surface area (Å²) < 4.78 is 10.2. The van der Waals surface area contributed by atoms with Gasteiger partial charge in [0.1, 0.15) is 11.4 Å². The second kappa shape index (κ2) is 7.70. The van der Waals surface area contributed by atoms with Gasteiger partial charge in [-0.15, -0.1) is 0 Å². The van der Waals surface area contributed by atoms with Crippen LogP contribution in [-0.4, -0.2) is 62.1 Å². The molecule has 1 saturated heterocycles. The highest BCUT2D eigenvalue weighted by molar-refractivity contribution is 6.35. The molecule has 0 spiro atoms. The molecule has 2 aliphatic rings. The Morgan fingerprint density at radius 2 is 1.64 bits per heavy atom. The van der Waals surface area contributed by atoms with Crippen molar-refractivity contribution in [3.63, 3.8) is 0 Å². The Morgan fingerprint density at radius 1 is 0.960 bits per heavy atom. The van der Waals surface area contributed by atoms with Crippen molar-refractivity contribution in [2.45, 2.75) is 19.3 Å². The topological polar surface area (TPSA) is 59.1 Å². The summed E-state index contributed by atoms with van der Waals surface area (Å²) in [7, 11) is 3.17. The van der Waals surface area contributed by atoms with Gasteiger partial charge in [0.15, 0.2) is 0 Å². The first-order valence-electron chi connectivity index (χ1n) is 8.66. The molecule has 1 aromatic rings. The van der Waals surface area contributed by atoms with Crippen molar-refractivity contribution < 1.29 is 19.1 Å². The molecule has 25 heavy (non-hydrogen) atoms. The number of imide groups is 1. The fourth-order valence-corrected chi connectivity index (χ4v) is 3.38. The van der Waals surface area contributed by atoms with Crippen LogP contribution in [0, 0.1) is 0 Å². The Hall–Kier alpha value is -2.34. The number of hydrogen-bond acceptors (Lipinski definition) is 5. The number of amides is 2. The standard InChI is InChI=1S/C19H24N2O4/c1-24-13-12-21-18(22)16(14-6-8-15(25-2)9-7-14)17(19(21)23)20-10-4-3-5-11-20/h6-9H,3-5,10-13H2,1-2H3. The van der Waals surface area contributed by atoms with E-state index < -0.39 is 0 Å². The molecule has 3 rings (SSSR count). The number of benzene rings is 1. The summed E-state index contributed by atoms with van der Waals surface area (Å²) in [6.07, 6.45) is 3.25. The zero-order valence-corrected chi connectivity index (χ0v) is 14.8. The number of carbonyl (C=O) groups is 2. The summed E-state index contributed by atoms with van der Waals surface area (Å²) >= 11 is 0. The number of carbonyl (C=O) groups excluding carboxylic acids is 2. The highest BCUT2D eigenvalue weighted by Gasteiger charge is 2.41. The molecular formula is C19H24N2O4. The van der Waals surface area contributed by atoms with Gasteiger partial charge in [-0.2, -0.15) is 0 Å². The summed E-state index contributed by atoms with van der Waals surface area (Å²) in [5.74, 6) is 0.263. The predicted molar refractivity (Wildman–Crippen MR) is 93.9 cm³/mol. The average molecular weight is 344 g/mol. The zero-order chi connectivity index (χ0) is 17.8. The van der Waals surface area contributed by atoms with E-state index in [1.807, 2.05) is 24.3 Å². The minimum absolute atomic E-state index is 0.213. The molecule has 0 N–H and O–H groups in total. The van der Waals surface area contributed by atoms with Crippen LogP contribution in [0.15, 0.2) is 30.0 Å². The maximum Gasteiger partial charge on any atom is 0.277 e. The van der Waals surface area contributed by atoms with Crippen LogP contribution < -0.4 is 4.74 Å². The Balaban J connectivity index is 2.00. The Morgan fingerprint density at radius 3 is 2.24 bits per heavy atom. The Labute approximate surface area is 148 Å². The zero-order valence-electron chi connectivity index (χ0n) is 14.8. The lowest BCUT2D eigenvalue weighted by Crippen LogP contribution is -2.38. The molecule has 2 amide bonds. The predicted octanol–water partition coefficient (Wildman–Crippen LogP) is 1.91. The summed E-state index contributed by atoms with van der Waals surface area (Å²) in [6, 6.07) is 7.30. The van der Waals surface area contributed by atoms with Gasteiger partial charge in [0.25, 0.3) is 11.8 Å². The highest BCUT2D eigenvalue weighted by atomic mass is 16.5. The number of nitrogens with zero attached hydrogens (tertiary/aromatic N) is 2. The van der Waals surface area contributed by atoms with Gasteiger partial charge in [0.2, 0.25) is 0 Å². The van der Waals surface area contributed by atoms with Crippen molar-refractivity contribution >= 4 is 17.4 Å². The number of ether oxygens (including phenoxy) is 2. The molecule has 6 nitrogen and oxygen atoms in total. The number of hydrogen-bond donors (Lipinski definition) is 0. The molecule has 134 valence electrons. The number of rotatable bonds is 6. The van der Waals surface area contributed by atoms with Gasteiger partial charge in [-0.25, -0.2) is 0 Å². The molecule has 1 fully saturated rings. The SMILES string of the molecule is COCCN1C(=O)C(c2ccc(OC)cc2)=C(N2CCCCC2)C1=O. The van der Waals surface area contributed by atoms with Gasteiger partial charge in [-0.05, 0) is 37.0 Å². The fraction of sp³-hybridized carbons (Fsp3) is 0.474. The van der Waals surface area contributed by atoms with E-state index in [-0.39, 0.29) is 18.4 Å². The second-order valence-electron chi connectivity index (χ2n) is 6.25. The quantitative estimate of drug-likeness (QED) is 0.738. The molecule has 1 aromatic carbocycles. The molecule has 0 aliphatic carbocycles. The van der Waals surface area contributed by atoms with Crippen molar-refractivity contribution in [1.29, 1.82) is 0 Å². The van der Waals surface area contributed by atoms with Crippen molar-refractivity contribution in [3.05, 3.63) is 35.5 Å². The van der Waals surface area contributed by atoms with Gasteiger partial charge in [-0.3, -0.25) is 14.5 Å². The number of methoxy groups -OCH3 is 2. The Kier molecular flexibility index (Phi) is 5.38. The van der Waals surface area contributed by atoms with Crippen LogP contribution in [-0.2, 0) is 14.3 Å². The first-order chi connectivity index (χ1) is 12.2. The summed E-state index contributed by atoms with van der Waals surface area (Å²) in [5, 5.41) is 0. The van der Waals surface area contributed by atoms with Crippen molar-refractivity contribution in [2.24, 2.45) is 0 Å². The molecule has 2 aliphatic heterocycles. The number of piperidine rings is 1. The van der Waals surface area contributed by atoms with Gasteiger partial charge in [0.05, 0.1) is 25.8 Å². The maximum absolute atomic E-state index is 13.0. The molecule has 0 atom stereocenters. The van der Waals surface area contributed by atoms with Crippen LogP contribution >= 0.6 is 0 Å². The molecular weight excluding hydrogens is 320 g/mol. The van der Waals surface area contributed by atoms with Crippen LogP contribution in [0.3, 0.4) is 0 Å². The van der Waals surface area contributed by atoms with E-state index in [0.29, 0.717) is 17.9 Å². The summed E-state index contributed by atoms with van der Waals surface area (Å²) in [5.41, 5.74) is 1.77. The first-order valence-corrected chi connectivity index (χ1v) is 8.66. The Bertz CT molecular complexity index is 675. The molecule has 0 saturated carbocycles. The van der Waals surface area contributed by atoms with E-state index in [4.69, 9.17) is 9.47 Å². The molecule has 0 aromatic heterocycles. The lowest BCUT2D eigenvalue weighted by molar-refractivity contribution is -0.138. The molecule has 0 unspecified atom stereocenters. The van der Waals surface area contributed by atoms with Crippen molar-refractivity contribution in [1.82, 2.24) is 9.80 Å². The van der Waals surface area contributed by atoms with Gasteiger partial charge in [0, 0.05) is 20.2 Å². The third-order valence-corrected chi connectivity index (χ3v) is 4.71. The van der Waals surface area contributed by atoms with E-state index in [1.54, 1.807) is 14.2 Å². The van der Waals surface area contributed by atoms with Crippen molar-refractivity contribution in [2.75, 3.05) is 40.5 Å². The molecule has 6 heteroatoms. The minimum atomic E-state index is -0.243. The van der Waals surface area contributed by atoms with Crippen LogP contribution in [0.4, 0.5) is 0 Å². The minimum Gasteiger partial charge on any atom is -0.497 e. The maximum atomic E-state index is 13.0. The second-order valence-corrected chi connectivity index (χ2v) is 6.25. The van der Waals surface area contributed by atoms with E-state index in [2.05, 4.69) is 4.90 Å². The lowest BCUT2D eigenvalue weighted by Gasteiger charge is -2.29. The van der Waals surface area contributed by atoms with Gasteiger partial charge >= 0.3 is 0 Å². The first kappa shape index (κ1) is 17.5. The fourth-order valence-electron chi connectivity index (χ4n) is 3.38. The van der Waals surface area contributed by atoms with E-state index in [9.17, 15) is 9.59 Å². The largest absolute Gasteiger partial charge is 0.497 e. The van der Waals surface area contributed by atoms with Crippen LogP contribution in [0.2, 0.25) is 0 Å². The molecule has 2 heterocycles. The third-order valence-electron chi connectivity index (χ3n) is 4.71. The summed E-state index contributed by atoms with van der Waals surface area (Å²) in [4.78, 5) is 29.3. The van der Waals surface area contributed by atoms with E-state index in [1.165, 1.54) is 4.90 Å². The van der Waals surface area contributed by atoms with Crippen molar-refractivity contribution in [3.8, 4) is 5.75 Å². The van der Waals surface area contributed by atoms with Gasteiger partial charge < -0.3 is 14.4 Å². The van der Waals surface area contributed by atoms with E-state index in [0.717, 1.165) is 43.7 Å². The summed E-state index contributed by atoms with van der Waals surface area (Å²) in [6.45, 7) is 2.23. The third kappa shape index (κ3) is 3.39. The van der Waals surface area contributed by atoms with E-state index >= 15 is 0 Å². The smallest absolute Gasteiger partial charge is 0.277 e. The van der Waals surface area contributed by atoms with Crippen LogP contribution in [0.25, 0.3) is 5.57 Å². The normalized spacial score (nSPS) is 18.3. The van der Waals surface area contributed by atoms with Gasteiger partial charge in [-0.1, -0.05) is 12.1 Å². The lowest BCUT2D eigenvalue weighted by atomic mass is 10.0. The van der Waals surface area contributed by atoms with Crippen LogP contribution in [0.5, 0.6) is 5.75 Å². The molecule has 0 bridgehead atoms. The number of likely N-dealkylation sites (tertiary alicyclic amines) is 1. The monoisotopic (exact) mass is 344 g/mol.